The number of anilines is 1. The second-order valence-corrected chi connectivity index (χ2v) is 5.23. The van der Waals surface area contributed by atoms with Gasteiger partial charge >= 0.3 is 0 Å². The summed E-state index contributed by atoms with van der Waals surface area (Å²) < 4.78 is 5.26. The molecule has 3 aromatic rings. The van der Waals surface area contributed by atoms with Crippen molar-refractivity contribution in [2.24, 2.45) is 5.10 Å². The number of ether oxygens (including phenoxy) is 1. The number of aromatic nitrogens is 2. The first-order valence-electron chi connectivity index (χ1n) is 7.34. The molecule has 0 aliphatic heterocycles. The van der Waals surface area contributed by atoms with Crippen molar-refractivity contribution in [3.8, 4) is 5.75 Å². The van der Waals surface area contributed by atoms with Crippen LogP contribution >= 0.6 is 0 Å². The minimum Gasteiger partial charge on any atom is -0.497 e. The molecule has 0 fully saturated rings. The Morgan fingerprint density at radius 2 is 2.04 bits per heavy atom. The molecule has 23 heavy (non-hydrogen) atoms. The van der Waals surface area contributed by atoms with E-state index in [1.807, 2.05) is 56.3 Å². The zero-order chi connectivity index (χ0) is 16.2. The molecule has 116 valence electrons. The topological polar surface area (TPSA) is 59.4 Å². The molecule has 0 amide bonds. The van der Waals surface area contributed by atoms with Gasteiger partial charge in [-0.1, -0.05) is 6.07 Å². The molecule has 5 heteroatoms. The number of hydrogen-bond acceptors (Lipinski definition) is 5. The molecular formula is C18H18N4O. The minimum absolute atomic E-state index is 0.704. The first-order chi connectivity index (χ1) is 11.2. The Morgan fingerprint density at radius 3 is 2.78 bits per heavy atom. The van der Waals surface area contributed by atoms with Crippen molar-refractivity contribution in [1.29, 1.82) is 0 Å². The summed E-state index contributed by atoms with van der Waals surface area (Å²) in [5.41, 5.74) is 6.67. The predicted octanol–water partition coefficient (Wildman–Crippen LogP) is 3.78. The molecule has 0 aliphatic rings. The summed E-state index contributed by atoms with van der Waals surface area (Å²) in [5.74, 6) is 1.53. The molecule has 1 N–H and O–H groups in total. The van der Waals surface area contributed by atoms with E-state index in [-0.39, 0.29) is 0 Å². The van der Waals surface area contributed by atoms with Gasteiger partial charge in [0.1, 0.15) is 11.6 Å². The average Bonchev–Trinajstić information content (AvgIpc) is 2.60. The fraction of sp³-hybridized carbons (Fsp3) is 0.167. The third-order valence-electron chi connectivity index (χ3n) is 3.60. The molecule has 0 saturated carbocycles. The van der Waals surface area contributed by atoms with Gasteiger partial charge in [0.05, 0.1) is 24.0 Å². The van der Waals surface area contributed by atoms with E-state index in [0.717, 1.165) is 33.6 Å². The Bertz CT molecular complexity index is 860. The molecule has 0 bridgehead atoms. The zero-order valence-corrected chi connectivity index (χ0v) is 13.4. The van der Waals surface area contributed by atoms with Crippen molar-refractivity contribution in [2.75, 3.05) is 12.5 Å². The van der Waals surface area contributed by atoms with Gasteiger partial charge in [-0.05, 0) is 55.8 Å². The minimum atomic E-state index is 0.704. The molecule has 3 rings (SSSR count). The van der Waals surface area contributed by atoms with Crippen LogP contribution in [0.3, 0.4) is 0 Å². The maximum Gasteiger partial charge on any atom is 0.147 e. The number of nitrogens with one attached hydrogen (secondary N) is 1. The van der Waals surface area contributed by atoms with Crippen LogP contribution in [0.2, 0.25) is 0 Å². The standard InChI is InChI=1S/C18H18N4O/c1-12-10-18(20-17-8-7-14(23-3)11-15(12)17)22-21-13(2)16-6-4-5-9-19-16/h4-11H,1-3H3,(H,20,22). The van der Waals surface area contributed by atoms with Crippen LogP contribution in [0.25, 0.3) is 10.9 Å². The van der Waals surface area contributed by atoms with Crippen LogP contribution in [-0.4, -0.2) is 22.8 Å². The number of hydrogen-bond donors (Lipinski definition) is 1. The predicted molar refractivity (Wildman–Crippen MR) is 93.1 cm³/mol. The van der Waals surface area contributed by atoms with Gasteiger partial charge in [-0.15, -0.1) is 0 Å². The van der Waals surface area contributed by atoms with Crippen LogP contribution in [-0.2, 0) is 0 Å². The smallest absolute Gasteiger partial charge is 0.147 e. The second-order valence-electron chi connectivity index (χ2n) is 5.23. The SMILES string of the molecule is COc1ccc2nc(NN=C(C)c3ccccn3)cc(C)c2c1. The number of methoxy groups -OCH3 is 1. The van der Waals surface area contributed by atoms with Crippen molar-refractivity contribution in [1.82, 2.24) is 9.97 Å². The Balaban J connectivity index is 1.89. The number of hydrazone groups is 1. The number of rotatable bonds is 4. The maximum atomic E-state index is 5.26. The number of benzene rings is 1. The van der Waals surface area contributed by atoms with E-state index in [2.05, 4.69) is 20.5 Å². The third-order valence-corrected chi connectivity index (χ3v) is 3.60. The second kappa shape index (κ2) is 6.44. The zero-order valence-electron chi connectivity index (χ0n) is 13.4. The Morgan fingerprint density at radius 1 is 1.17 bits per heavy atom. The lowest BCUT2D eigenvalue weighted by Crippen LogP contribution is -2.03. The molecule has 0 saturated heterocycles. The van der Waals surface area contributed by atoms with E-state index in [9.17, 15) is 0 Å². The van der Waals surface area contributed by atoms with E-state index >= 15 is 0 Å². The molecule has 0 spiro atoms. The number of fused-ring (bicyclic) bond motifs is 1. The summed E-state index contributed by atoms with van der Waals surface area (Å²) in [6.07, 6.45) is 1.75. The highest BCUT2D eigenvalue weighted by Crippen LogP contribution is 2.24. The lowest BCUT2D eigenvalue weighted by molar-refractivity contribution is 0.415. The largest absolute Gasteiger partial charge is 0.497 e. The molecule has 0 unspecified atom stereocenters. The highest BCUT2D eigenvalue weighted by Gasteiger charge is 2.04. The molecule has 0 radical (unpaired) electrons. The third kappa shape index (κ3) is 3.29. The molecule has 5 nitrogen and oxygen atoms in total. The molecule has 0 aliphatic carbocycles. The molecule has 0 atom stereocenters. The summed E-state index contributed by atoms with van der Waals surface area (Å²) in [5, 5.41) is 5.43. The van der Waals surface area contributed by atoms with Crippen molar-refractivity contribution in [2.45, 2.75) is 13.8 Å². The van der Waals surface area contributed by atoms with Crippen molar-refractivity contribution in [3.05, 3.63) is 59.9 Å². The van der Waals surface area contributed by atoms with Crippen molar-refractivity contribution >= 4 is 22.4 Å². The number of nitrogens with zero attached hydrogens (tertiary/aromatic N) is 3. The maximum absolute atomic E-state index is 5.26. The monoisotopic (exact) mass is 306 g/mol. The first kappa shape index (κ1) is 15.0. The van der Waals surface area contributed by atoms with Gasteiger partial charge in [0.2, 0.25) is 0 Å². The van der Waals surface area contributed by atoms with Crippen LogP contribution in [0, 0.1) is 6.92 Å². The lowest BCUT2D eigenvalue weighted by atomic mass is 10.1. The van der Waals surface area contributed by atoms with Gasteiger partial charge in [-0.25, -0.2) is 4.98 Å². The highest BCUT2D eigenvalue weighted by atomic mass is 16.5. The Labute approximate surface area is 135 Å². The molecule has 2 aromatic heterocycles. The molecule has 1 aromatic carbocycles. The Kier molecular flexibility index (Phi) is 4.19. The van der Waals surface area contributed by atoms with Crippen LogP contribution < -0.4 is 10.2 Å². The normalized spacial score (nSPS) is 11.5. The van der Waals surface area contributed by atoms with E-state index < -0.39 is 0 Å². The molecule has 2 heterocycles. The lowest BCUT2D eigenvalue weighted by Gasteiger charge is -2.08. The van der Waals surface area contributed by atoms with E-state index in [0.29, 0.717) is 5.82 Å². The van der Waals surface area contributed by atoms with Crippen molar-refractivity contribution < 1.29 is 4.74 Å². The fourth-order valence-corrected chi connectivity index (χ4v) is 2.33. The summed E-state index contributed by atoms with van der Waals surface area (Å²) in [7, 11) is 1.66. The number of pyridine rings is 2. The molecular weight excluding hydrogens is 288 g/mol. The van der Waals surface area contributed by atoms with Crippen LogP contribution in [0.5, 0.6) is 5.75 Å². The van der Waals surface area contributed by atoms with Crippen LogP contribution in [0.1, 0.15) is 18.2 Å². The quantitative estimate of drug-likeness (QED) is 0.588. The number of aryl methyl sites for hydroxylation is 1. The Hall–Kier alpha value is -2.95. The van der Waals surface area contributed by atoms with Crippen LogP contribution in [0.15, 0.2) is 53.8 Å². The first-order valence-corrected chi connectivity index (χ1v) is 7.34. The van der Waals surface area contributed by atoms with Crippen LogP contribution in [0.4, 0.5) is 5.82 Å². The van der Waals surface area contributed by atoms with E-state index in [1.54, 1.807) is 13.3 Å². The van der Waals surface area contributed by atoms with E-state index in [4.69, 9.17) is 4.74 Å². The summed E-state index contributed by atoms with van der Waals surface area (Å²) in [6, 6.07) is 13.6. The summed E-state index contributed by atoms with van der Waals surface area (Å²) in [4.78, 5) is 8.86. The average molecular weight is 306 g/mol. The summed E-state index contributed by atoms with van der Waals surface area (Å²) >= 11 is 0. The van der Waals surface area contributed by atoms with Gasteiger partial charge in [-0.3, -0.25) is 10.4 Å². The highest BCUT2D eigenvalue weighted by molar-refractivity contribution is 5.97. The van der Waals surface area contributed by atoms with Gasteiger partial charge < -0.3 is 4.74 Å². The summed E-state index contributed by atoms with van der Waals surface area (Å²) in [6.45, 7) is 3.96. The van der Waals surface area contributed by atoms with E-state index in [1.165, 1.54) is 0 Å². The fourth-order valence-electron chi connectivity index (χ4n) is 2.33. The van der Waals surface area contributed by atoms with Gasteiger partial charge in [0.25, 0.3) is 0 Å². The van der Waals surface area contributed by atoms with Crippen molar-refractivity contribution in [3.63, 3.8) is 0 Å². The van der Waals surface area contributed by atoms with Gasteiger partial charge in [0, 0.05) is 11.6 Å². The van der Waals surface area contributed by atoms with Gasteiger partial charge in [0.15, 0.2) is 0 Å². The van der Waals surface area contributed by atoms with Gasteiger partial charge in [-0.2, -0.15) is 5.10 Å².